The molecule has 0 amide bonds. The summed E-state index contributed by atoms with van der Waals surface area (Å²) in [5.74, 6) is 1.72. The van der Waals surface area contributed by atoms with Gasteiger partial charge in [0.2, 0.25) is 0 Å². The van der Waals surface area contributed by atoms with Crippen LogP contribution in [0, 0.1) is 11.8 Å². The first-order valence-corrected chi connectivity index (χ1v) is 21.8. The molecule has 2 unspecified atom stereocenters. The molecular formula is C47H87N. The van der Waals surface area contributed by atoms with Gasteiger partial charge in [-0.25, -0.2) is 0 Å². The topological polar surface area (TPSA) is 3.24 Å². The summed E-state index contributed by atoms with van der Waals surface area (Å²) in [6.07, 6.45) is 43.7. The first-order chi connectivity index (χ1) is 23.4. The van der Waals surface area contributed by atoms with Gasteiger partial charge in [0.05, 0.1) is 0 Å². The van der Waals surface area contributed by atoms with Crippen molar-refractivity contribution in [2.75, 3.05) is 19.6 Å². The van der Waals surface area contributed by atoms with Crippen molar-refractivity contribution < 1.29 is 0 Å². The van der Waals surface area contributed by atoms with Crippen LogP contribution in [0.4, 0.5) is 0 Å². The normalized spacial score (nSPS) is 15.8. The predicted molar refractivity (Wildman–Crippen MR) is 220 cm³/mol. The van der Waals surface area contributed by atoms with Crippen molar-refractivity contribution in [2.45, 2.75) is 221 Å². The molecule has 0 aromatic rings. The Balaban J connectivity index is 2.31. The summed E-state index contributed by atoms with van der Waals surface area (Å²) in [4.78, 5) is 2.66. The number of allylic oxidation sites excluding steroid dienone is 6. The third-order valence-corrected chi connectivity index (χ3v) is 11.1. The lowest BCUT2D eigenvalue weighted by atomic mass is 9.87. The largest absolute Gasteiger partial charge is 0.303 e. The quantitative estimate of drug-likeness (QED) is 0.0481. The highest BCUT2D eigenvalue weighted by Gasteiger charge is 2.20. The average molecular weight is 666 g/mol. The lowest BCUT2D eigenvalue weighted by Gasteiger charge is -2.21. The Morgan fingerprint density at radius 1 is 0.583 bits per heavy atom. The van der Waals surface area contributed by atoms with E-state index in [1.165, 1.54) is 217 Å². The van der Waals surface area contributed by atoms with Crippen LogP contribution in [-0.2, 0) is 0 Å². The van der Waals surface area contributed by atoms with E-state index in [1.54, 1.807) is 5.57 Å². The van der Waals surface area contributed by atoms with Gasteiger partial charge < -0.3 is 4.90 Å². The lowest BCUT2D eigenvalue weighted by Crippen LogP contribution is -2.26. The first-order valence-electron chi connectivity index (χ1n) is 21.8. The number of hydrogen-bond donors (Lipinski definition) is 0. The third-order valence-electron chi connectivity index (χ3n) is 11.1. The maximum Gasteiger partial charge on any atom is -0.00186 e. The van der Waals surface area contributed by atoms with Crippen molar-refractivity contribution in [1.29, 1.82) is 0 Å². The Morgan fingerprint density at radius 3 is 1.67 bits per heavy atom. The Morgan fingerprint density at radius 2 is 1.10 bits per heavy atom. The summed E-state index contributed by atoms with van der Waals surface area (Å²) < 4.78 is 0. The fourth-order valence-corrected chi connectivity index (χ4v) is 8.10. The zero-order valence-electron chi connectivity index (χ0n) is 33.8. The Kier molecular flexibility index (Phi) is 29.8. The van der Waals surface area contributed by atoms with E-state index in [0.29, 0.717) is 0 Å². The zero-order valence-corrected chi connectivity index (χ0v) is 33.8. The third kappa shape index (κ3) is 25.0. The summed E-state index contributed by atoms with van der Waals surface area (Å²) in [6.45, 7) is 24.6. The monoisotopic (exact) mass is 666 g/mol. The second-order valence-corrected chi connectivity index (χ2v) is 16.0. The summed E-state index contributed by atoms with van der Waals surface area (Å²) in [6, 6.07) is 0. The molecular weight excluding hydrogens is 579 g/mol. The molecule has 1 nitrogen and oxygen atoms in total. The Labute approximate surface area is 304 Å². The molecule has 0 aromatic carbocycles. The summed E-state index contributed by atoms with van der Waals surface area (Å²) >= 11 is 0. The average Bonchev–Trinajstić information content (AvgIpc) is 3.44. The van der Waals surface area contributed by atoms with E-state index in [0.717, 1.165) is 11.8 Å². The second kappa shape index (κ2) is 31.9. The SMILES string of the molecule is C=C(CCCCCCCCCC/C=C\CCCCC)CCC(CCCC1=C(CC)CC(C)C1)CCC(=C)CCCCN(CCC)CCC. The van der Waals surface area contributed by atoms with Crippen molar-refractivity contribution in [3.05, 3.63) is 47.6 Å². The standard InChI is InChI=1S/C47H87N/c1-8-12-13-14-15-16-17-18-19-20-21-22-23-24-25-29-42(5)33-35-45(31-28-32-47-41-44(7)40-46(47)11-4)36-34-43(6)30-26-27-39-48(37-9-2)38-10-3/h15-16,44-45H,5-6,8-14,17-41H2,1-4,7H3/b16-15-. The minimum absolute atomic E-state index is 0.837. The molecule has 1 rings (SSSR count). The fraction of sp³-hybridized carbons (Fsp3) is 0.830. The summed E-state index contributed by atoms with van der Waals surface area (Å²) in [5.41, 5.74) is 6.64. The van der Waals surface area contributed by atoms with Crippen LogP contribution < -0.4 is 0 Å². The number of unbranched alkanes of at least 4 members (excludes halogenated alkanes) is 12. The minimum Gasteiger partial charge on any atom is -0.303 e. The van der Waals surface area contributed by atoms with Gasteiger partial charge in [0, 0.05) is 0 Å². The van der Waals surface area contributed by atoms with Crippen molar-refractivity contribution in [3.8, 4) is 0 Å². The van der Waals surface area contributed by atoms with Gasteiger partial charge in [-0.1, -0.05) is 140 Å². The molecule has 0 aromatic heterocycles. The molecule has 1 aliphatic rings. The van der Waals surface area contributed by atoms with Gasteiger partial charge >= 0.3 is 0 Å². The molecule has 2 atom stereocenters. The van der Waals surface area contributed by atoms with Gasteiger partial charge in [-0.15, -0.1) is 0 Å². The minimum atomic E-state index is 0.837. The molecule has 0 saturated carbocycles. The van der Waals surface area contributed by atoms with E-state index in [1.807, 2.05) is 5.57 Å². The van der Waals surface area contributed by atoms with Crippen molar-refractivity contribution >= 4 is 0 Å². The molecule has 1 heteroatoms. The molecule has 0 saturated heterocycles. The molecule has 0 aliphatic heterocycles. The molecule has 0 N–H and O–H groups in total. The van der Waals surface area contributed by atoms with E-state index >= 15 is 0 Å². The van der Waals surface area contributed by atoms with Crippen LogP contribution in [-0.4, -0.2) is 24.5 Å². The predicted octanol–water partition coefficient (Wildman–Crippen LogP) is 15.9. The smallest absolute Gasteiger partial charge is 0.00186 e. The van der Waals surface area contributed by atoms with Gasteiger partial charge in [0.1, 0.15) is 0 Å². The van der Waals surface area contributed by atoms with Gasteiger partial charge in [-0.2, -0.15) is 0 Å². The van der Waals surface area contributed by atoms with Crippen LogP contribution >= 0.6 is 0 Å². The molecule has 0 spiro atoms. The van der Waals surface area contributed by atoms with Crippen LogP contribution in [0.2, 0.25) is 0 Å². The molecule has 280 valence electrons. The van der Waals surface area contributed by atoms with Crippen molar-refractivity contribution in [1.82, 2.24) is 4.90 Å². The summed E-state index contributed by atoms with van der Waals surface area (Å²) in [7, 11) is 0. The molecule has 0 fully saturated rings. The highest BCUT2D eigenvalue weighted by atomic mass is 15.1. The van der Waals surface area contributed by atoms with E-state index in [4.69, 9.17) is 0 Å². The van der Waals surface area contributed by atoms with Gasteiger partial charge in [-0.3, -0.25) is 0 Å². The van der Waals surface area contributed by atoms with Gasteiger partial charge in [0.15, 0.2) is 0 Å². The van der Waals surface area contributed by atoms with E-state index in [-0.39, 0.29) is 0 Å². The number of nitrogens with zero attached hydrogens (tertiary/aromatic N) is 1. The van der Waals surface area contributed by atoms with Crippen molar-refractivity contribution in [2.24, 2.45) is 11.8 Å². The second-order valence-electron chi connectivity index (χ2n) is 16.0. The molecule has 48 heavy (non-hydrogen) atoms. The van der Waals surface area contributed by atoms with Gasteiger partial charge in [0.25, 0.3) is 0 Å². The number of rotatable bonds is 35. The molecule has 0 radical (unpaired) electrons. The first kappa shape index (κ1) is 44.9. The Hall–Kier alpha value is -1.08. The van der Waals surface area contributed by atoms with Crippen LogP contribution in [0.1, 0.15) is 221 Å². The highest BCUT2D eigenvalue weighted by molar-refractivity contribution is 5.20. The highest BCUT2D eigenvalue weighted by Crippen LogP contribution is 2.36. The maximum absolute atomic E-state index is 4.55. The number of hydrogen-bond acceptors (Lipinski definition) is 1. The van der Waals surface area contributed by atoms with Crippen LogP contribution in [0.25, 0.3) is 0 Å². The lowest BCUT2D eigenvalue weighted by molar-refractivity contribution is 0.269. The summed E-state index contributed by atoms with van der Waals surface area (Å²) in [5, 5.41) is 0. The maximum atomic E-state index is 4.55. The van der Waals surface area contributed by atoms with Crippen LogP contribution in [0.15, 0.2) is 47.6 Å². The molecule has 1 aliphatic carbocycles. The van der Waals surface area contributed by atoms with Crippen LogP contribution in [0.5, 0.6) is 0 Å². The van der Waals surface area contributed by atoms with E-state index in [2.05, 4.69) is 64.8 Å². The zero-order chi connectivity index (χ0) is 35.1. The molecule has 0 heterocycles. The fourth-order valence-electron chi connectivity index (χ4n) is 8.10. The van der Waals surface area contributed by atoms with Gasteiger partial charge in [-0.05, 0) is 160 Å². The molecule has 0 bridgehead atoms. The van der Waals surface area contributed by atoms with Crippen molar-refractivity contribution in [3.63, 3.8) is 0 Å². The van der Waals surface area contributed by atoms with E-state index < -0.39 is 0 Å². The van der Waals surface area contributed by atoms with Crippen LogP contribution in [0.3, 0.4) is 0 Å². The van der Waals surface area contributed by atoms with E-state index in [9.17, 15) is 0 Å². The Bertz CT molecular complexity index is 824.